The van der Waals surface area contributed by atoms with E-state index < -0.39 is 5.97 Å². The van der Waals surface area contributed by atoms with Crippen molar-refractivity contribution >= 4 is 33.2 Å². The molecule has 0 aliphatic rings. The van der Waals surface area contributed by atoms with Crippen LogP contribution >= 0.6 is 11.3 Å². The van der Waals surface area contributed by atoms with Crippen molar-refractivity contribution in [2.24, 2.45) is 0 Å². The van der Waals surface area contributed by atoms with Crippen LogP contribution in [-0.4, -0.2) is 20.5 Å². The molecule has 0 fully saturated rings. The molecule has 6 heteroatoms. The number of aryl methyl sites for hydroxylation is 1. The number of aromatic carboxylic acids is 1. The molecule has 0 atom stereocenters. The highest BCUT2D eigenvalue weighted by molar-refractivity contribution is 7.18. The van der Waals surface area contributed by atoms with Crippen LogP contribution in [0.5, 0.6) is 0 Å². The molecule has 0 aliphatic carbocycles. The second-order valence-corrected chi connectivity index (χ2v) is 6.02. The van der Waals surface area contributed by atoms with E-state index in [2.05, 4.69) is 11.9 Å². The molecule has 3 aromatic heterocycles. The van der Waals surface area contributed by atoms with Crippen molar-refractivity contribution in [3.8, 4) is 0 Å². The van der Waals surface area contributed by atoms with Crippen molar-refractivity contribution in [3.05, 3.63) is 45.2 Å². The first kappa shape index (κ1) is 13.8. The zero-order valence-corrected chi connectivity index (χ0v) is 12.3. The molecule has 0 aromatic carbocycles. The van der Waals surface area contributed by atoms with Crippen molar-refractivity contribution in [2.75, 3.05) is 0 Å². The Hall–Kier alpha value is -2.21. The monoisotopic (exact) mass is 302 g/mol. The molecule has 1 N–H and O–H groups in total. The highest BCUT2D eigenvalue weighted by Crippen LogP contribution is 2.23. The number of aromatic nitrogens is 2. The molecule has 0 bridgehead atoms. The van der Waals surface area contributed by atoms with E-state index in [1.807, 2.05) is 6.07 Å². The van der Waals surface area contributed by atoms with E-state index in [0.29, 0.717) is 15.9 Å². The largest absolute Gasteiger partial charge is 0.478 e. The van der Waals surface area contributed by atoms with Gasteiger partial charge in [-0.1, -0.05) is 13.3 Å². The van der Waals surface area contributed by atoms with Crippen LogP contribution in [0.3, 0.4) is 0 Å². The molecular formula is C15H14N2O3S. The number of hydrogen-bond acceptors (Lipinski definition) is 4. The number of hydrogen-bond donors (Lipinski definition) is 1. The highest BCUT2D eigenvalue weighted by atomic mass is 32.1. The summed E-state index contributed by atoms with van der Waals surface area (Å²) in [6.07, 6.45) is 4.45. The lowest BCUT2D eigenvalue weighted by Crippen LogP contribution is -2.15. The number of thiophene rings is 1. The first-order chi connectivity index (χ1) is 10.1. The second kappa shape index (κ2) is 5.29. The summed E-state index contributed by atoms with van der Waals surface area (Å²) in [6, 6.07) is 4.90. The SMILES string of the molecule is CCCCc1cc2c(=O)n3cc(C(=O)O)ccc3nc2s1. The number of pyridine rings is 1. The Labute approximate surface area is 124 Å². The first-order valence-corrected chi connectivity index (χ1v) is 7.60. The molecule has 21 heavy (non-hydrogen) atoms. The lowest BCUT2D eigenvalue weighted by Gasteiger charge is -2.01. The maximum Gasteiger partial charge on any atom is 0.337 e. The van der Waals surface area contributed by atoms with Crippen LogP contribution in [0.4, 0.5) is 0 Å². The summed E-state index contributed by atoms with van der Waals surface area (Å²) in [4.78, 5) is 29.8. The third kappa shape index (κ3) is 2.42. The zero-order valence-electron chi connectivity index (χ0n) is 11.5. The molecule has 0 radical (unpaired) electrons. The van der Waals surface area contributed by atoms with Crippen LogP contribution in [0.2, 0.25) is 0 Å². The third-order valence-electron chi connectivity index (χ3n) is 3.38. The lowest BCUT2D eigenvalue weighted by molar-refractivity contribution is 0.0696. The number of nitrogens with zero attached hydrogens (tertiary/aromatic N) is 2. The van der Waals surface area contributed by atoms with Crippen molar-refractivity contribution in [1.29, 1.82) is 0 Å². The van der Waals surface area contributed by atoms with E-state index in [9.17, 15) is 9.59 Å². The molecule has 3 aromatic rings. The summed E-state index contributed by atoms with van der Waals surface area (Å²) in [6.45, 7) is 2.13. The van der Waals surface area contributed by atoms with Gasteiger partial charge in [-0.2, -0.15) is 0 Å². The maximum atomic E-state index is 12.5. The van der Waals surface area contributed by atoms with Crippen molar-refractivity contribution < 1.29 is 9.90 Å². The van der Waals surface area contributed by atoms with Gasteiger partial charge in [-0.05, 0) is 31.0 Å². The Bertz CT molecular complexity index is 895. The molecule has 3 heterocycles. The average Bonchev–Trinajstić information content (AvgIpc) is 2.88. The molecule has 0 saturated carbocycles. The van der Waals surface area contributed by atoms with Crippen LogP contribution in [0.25, 0.3) is 15.9 Å². The minimum Gasteiger partial charge on any atom is -0.478 e. The molecule has 0 spiro atoms. The number of carboxylic acid groups (broad SMARTS) is 1. The molecule has 3 rings (SSSR count). The summed E-state index contributed by atoms with van der Waals surface area (Å²) >= 11 is 1.54. The van der Waals surface area contributed by atoms with Gasteiger partial charge < -0.3 is 5.11 Å². The standard InChI is InChI=1S/C15H14N2O3S/c1-2-3-4-10-7-11-13(21-10)16-12-6-5-9(15(19)20)8-17(12)14(11)18/h5-8H,2-4H2,1H3,(H,19,20). The fourth-order valence-electron chi connectivity index (χ4n) is 2.25. The zero-order chi connectivity index (χ0) is 15.0. The first-order valence-electron chi connectivity index (χ1n) is 6.78. The van der Waals surface area contributed by atoms with Gasteiger partial charge in [-0.25, -0.2) is 9.78 Å². The Morgan fingerprint density at radius 3 is 2.95 bits per heavy atom. The topological polar surface area (TPSA) is 71.7 Å². The van der Waals surface area contributed by atoms with Crippen molar-refractivity contribution in [1.82, 2.24) is 9.38 Å². The molecular weight excluding hydrogens is 288 g/mol. The average molecular weight is 302 g/mol. The molecule has 108 valence electrons. The molecule has 0 amide bonds. The predicted molar refractivity (Wildman–Crippen MR) is 82.4 cm³/mol. The fourth-order valence-corrected chi connectivity index (χ4v) is 3.32. The van der Waals surface area contributed by atoms with Crippen LogP contribution < -0.4 is 5.56 Å². The van der Waals surface area contributed by atoms with Gasteiger partial charge in [-0.15, -0.1) is 11.3 Å². The number of carboxylic acids is 1. The van der Waals surface area contributed by atoms with E-state index >= 15 is 0 Å². The summed E-state index contributed by atoms with van der Waals surface area (Å²) in [5, 5.41) is 9.58. The van der Waals surface area contributed by atoms with Gasteiger partial charge in [0, 0.05) is 11.1 Å². The van der Waals surface area contributed by atoms with Crippen LogP contribution in [0.1, 0.15) is 35.0 Å². The minimum atomic E-state index is -1.06. The summed E-state index contributed by atoms with van der Waals surface area (Å²) in [5.74, 6) is -1.06. The van der Waals surface area contributed by atoms with Gasteiger partial charge in [0.2, 0.25) is 0 Å². The smallest absolute Gasteiger partial charge is 0.337 e. The molecule has 5 nitrogen and oxygen atoms in total. The maximum absolute atomic E-state index is 12.5. The Kier molecular flexibility index (Phi) is 3.47. The number of fused-ring (bicyclic) bond motifs is 2. The van der Waals surface area contributed by atoms with Gasteiger partial charge in [-0.3, -0.25) is 9.20 Å². The second-order valence-electron chi connectivity index (χ2n) is 4.90. The number of unbranched alkanes of at least 4 members (excludes halogenated alkanes) is 1. The van der Waals surface area contributed by atoms with E-state index in [4.69, 9.17) is 5.11 Å². The molecule has 0 aliphatic heterocycles. The lowest BCUT2D eigenvalue weighted by atomic mass is 10.2. The van der Waals surface area contributed by atoms with E-state index in [-0.39, 0.29) is 11.1 Å². The van der Waals surface area contributed by atoms with Crippen molar-refractivity contribution in [3.63, 3.8) is 0 Å². The Morgan fingerprint density at radius 1 is 1.43 bits per heavy atom. The van der Waals surface area contributed by atoms with Crippen molar-refractivity contribution in [2.45, 2.75) is 26.2 Å². The Morgan fingerprint density at radius 2 is 2.24 bits per heavy atom. The predicted octanol–water partition coefficient (Wildman–Crippen LogP) is 2.95. The fraction of sp³-hybridized carbons (Fsp3) is 0.267. The van der Waals surface area contributed by atoms with Crippen LogP contribution in [0, 0.1) is 0 Å². The summed E-state index contributed by atoms with van der Waals surface area (Å²) in [5.41, 5.74) is 0.339. The van der Waals surface area contributed by atoms with Gasteiger partial charge in [0.1, 0.15) is 10.5 Å². The number of carbonyl (C=O) groups is 1. The van der Waals surface area contributed by atoms with Crippen LogP contribution in [-0.2, 0) is 6.42 Å². The van der Waals surface area contributed by atoms with Gasteiger partial charge in [0.15, 0.2) is 0 Å². The number of rotatable bonds is 4. The Balaban J connectivity index is 2.22. The third-order valence-corrected chi connectivity index (χ3v) is 4.47. The normalized spacial score (nSPS) is 11.3. The minimum absolute atomic E-state index is 0.0761. The summed E-state index contributed by atoms with van der Waals surface area (Å²) < 4.78 is 1.31. The molecule has 0 saturated heterocycles. The highest BCUT2D eigenvalue weighted by Gasteiger charge is 2.11. The van der Waals surface area contributed by atoms with Gasteiger partial charge in [0.05, 0.1) is 10.9 Å². The van der Waals surface area contributed by atoms with Gasteiger partial charge in [0.25, 0.3) is 5.56 Å². The molecule has 0 unspecified atom stereocenters. The van der Waals surface area contributed by atoms with E-state index in [1.165, 1.54) is 28.0 Å². The van der Waals surface area contributed by atoms with E-state index in [1.54, 1.807) is 6.07 Å². The van der Waals surface area contributed by atoms with Gasteiger partial charge >= 0.3 is 5.97 Å². The summed E-state index contributed by atoms with van der Waals surface area (Å²) in [7, 11) is 0. The quantitative estimate of drug-likeness (QED) is 0.804. The van der Waals surface area contributed by atoms with Crippen LogP contribution in [0.15, 0.2) is 29.2 Å². The van der Waals surface area contributed by atoms with E-state index in [0.717, 1.165) is 24.1 Å².